The molecule has 0 bridgehead atoms. The molecule has 0 unspecified atom stereocenters. The van der Waals surface area contributed by atoms with Crippen LogP contribution < -0.4 is 11.1 Å². The number of pyridine rings is 1. The number of benzene rings is 1. The minimum Gasteiger partial charge on any atom is -0.340 e. The predicted molar refractivity (Wildman–Crippen MR) is 71.2 cm³/mol. The molecular weight excluding hydrogens is 210 g/mol. The first-order valence-electron chi connectivity index (χ1n) is 5.82. The van der Waals surface area contributed by atoms with Crippen LogP contribution in [-0.2, 0) is 13.0 Å². The number of rotatable bonds is 4. The fraction of sp³-hybridized carbons (Fsp3) is 0.214. The summed E-state index contributed by atoms with van der Waals surface area (Å²) >= 11 is 0. The molecule has 0 aliphatic rings. The second-order valence-corrected chi connectivity index (χ2v) is 3.93. The Kier molecular flexibility index (Phi) is 3.73. The molecule has 0 amide bonds. The Morgan fingerprint density at radius 3 is 2.29 bits per heavy atom. The maximum atomic E-state index is 5.52. The van der Waals surface area contributed by atoms with Crippen molar-refractivity contribution < 1.29 is 0 Å². The number of hydrogen-bond donors (Lipinski definition) is 2. The van der Waals surface area contributed by atoms with Crippen LogP contribution in [0.15, 0.2) is 42.6 Å². The molecule has 0 atom stereocenters. The van der Waals surface area contributed by atoms with Gasteiger partial charge >= 0.3 is 0 Å². The summed E-state index contributed by atoms with van der Waals surface area (Å²) < 4.78 is 0. The third-order valence-corrected chi connectivity index (χ3v) is 2.70. The van der Waals surface area contributed by atoms with Gasteiger partial charge in [-0.1, -0.05) is 25.1 Å². The van der Waals surface area contributed by atoms with E-state index in [1.165, 1.54) is 5.56 Å². The molecule has 2 aromatic rings. The second-order valence-electron chi connectivity index (χ2n) is 3.93. The molecule has 3 N–H and O–H groups in total. The highest BCUT2D eigenvalue weighted by Crippen LogP contribution is 2.15. The van der Waals surface area contributed by atoms with Crippen LogP contribution in [0.5, 0.6) is 0 Å². The maximum absolute atomic E-state index is 5.52. The summed E-state index contributed by atoms with van der Waals surface area (Å²) in [4.78, 5) is 4.30. The summed E-state index contributed by atoms with van der Waals surface area (Å²) in [6, 6.07) is 12.3. The minimum absolute atomic E-state index is 0.526. The number of aromatic nitrogens is 1. The Morgan fingerprint density at radius 2 is 1.76 bits per heavy atom. The van der Waals surface area contributed by atoms with Gasteiger partial charge in [0.2, 0.25) is 0 Å². The molecule has 0 radical (unpaired) electrons. The van der Waals surface area contributed by atoms with E-state index in [1.807, 2.05) is 12.1 Å². The van der Waals surface area contributed by atoms with Gasteiger partial charge in [-0.05, 0) is 35.7 Å². The van der Waals surface area contributed by atoms with Crippen LogP contribution in [0, 0.1) is 0 Å². The Balaban J connectivity index is 2.08. The Morgan fingerprint density at radius 1 is 1.06 bits per heavy atom. The normalized spacial score (nSPS) is 10.2. The average molecular weight is 227 g/mol. The highest BCUT2D eigenvalue weighted by Gasteiger charge is 1.96. The molecule has 0 spiro atoms. The van der Waals surface area contributed by atoms with Crippen molar-refractivity contribution in [1.82, 2.24) is 4.98 Å². The van der Waals surface area contributed by atoms with Crippen molar-refractivity contribution in [2.45, 2.75) is 19.9 Å². The number of anilines is 2. The molecule has 3 nitrogen and oxygen atoms in total. The summed E-state index contributed by atoms with van der Waals surface area (Å²) in [5.41, 5.74) is 8.95. The van der Waals surface area contributed by atoms with Gasteiger partial charge in [0.1, 0.15) is 5.82 Å². The minimum atomic E-state index is 0.526. The standard InChI is InChI=1S/C14H17N3/c1-2-11-3-6-13(7-4-11)17-14-8-5-12(9-15)10-16-14/h3-8,10H,2,9,15H2,1H3,(H,16,17). The summed E-state index contributed by atoms with van der Waals surface area (Å²) in [7, 11) is 0. The van der Waals surface area contributed by atoms with Crippen molar-refractivity contribution in [2.75, 3.05) is 5.32 Å². The molecule has 1 aromatic carbocycles. The van der Waals surface area contributed by atoms with Crippen molar-refractivity contribution in [2.24, 2.45) is 5.73 Å². The molecular formula is C14H17N3. The lowest BCUT2D eigenvalue weighted by molar-refractivity contribution is 1.05. The topological polar surface area (TPSA) is 50.9 Å². The third kappa shape index (κ3) is 3.04. The molecule has 0 fully saturated rings. The van der Waals surface area contributed by atoms with Crippen LogP contribution in [0.2, 0.25) is 0 Å². The van der Waals surface area contributed by atoms with E-state index in [0.29, 0.717) is 6.54 Å². The SMILES string of the molecule is CCc1ccc(Nc2ccc(CN)cn2)cc1. The average Bonchev–Trinajstić information content (AvgIpc) is 2.40. The van der Waals surface area contributed by atoms with Crippen LogP contribution in [0.3, 0.4) is 0 Å². The van der Waals surface area contributed by atoms with Crippen molar-refractivity contribution in [1.29, 1.82) is 0 Å². The first kappa shape index (κ1) is 11.6. The lowest BCUT2D eigenvalue weighted by Gasteiger charge is -2.06. The lowest BCUT2D eigenvalue weighted by atomic mass is 10.1. The zero-order chi connectivity index (χ0) is 12.1. The zero-order valence-corrected chi connectivity index (χ0v) is 9.98. The van der Waals surface area contributed by atoms with E-state index in [0.717, 1.165) is 23.5 Å². The van der Waals surface area contributed by atoms with E-state index in [-0.39, 0.29) is 0 Å². The molecule has 1 heterocycles. The highest BCUT2D eigenvalue weighted by molar-refractivity contribution is 5.56. The van der Waals surface area contributed by atoms with Gasteiger partial charge in [0.25, 0.3) is 0 Å². The number of aryl methyl sites for hydroxylation is 1. The quantitative estimate of drug-likeness (QED) is 0.844. The van der Waals surface area contributed by atoms with Gasteiger partial charge in [-0.15, -0.1) is 0 Å². The predicted octanol–water partition coefficient (Wildman–Crippen LogP) is 2.85. The van der Waals surface area contributed by atoms with E-state index in [4.69, 9.17) is 5.73 Å². The fourth-order valence-corrected chi connectivity index (χ4v) is 1.59. The van der Waals surface area contributed by atoms with Crippen LogP contribution in [-0.4, -0.2) is 4.98 Å². The lowest BCUT2D eigenvalue weighted by Crippen LogP contribution is -1.98. The molecule has 17 heavy (non-hydrogen) atoms. The Hall–Kier alpha value is -1.87. The number of hydrogen-bond acceptors (Lipinski definition) is 3. The maximum Gasteiger partial charge on any atom is 0.130 e. The molecule has 0 aliphatic carbocycles. The van der Waals surface area contributed by atoms with Crippen LogP contribution in [0.1, 0.15) is 18.1 Å². The van der Waals surface area contributed by atoms with Crippen molar-refractivity contribution in [3.63, 3.8) is 0 Å². The number of nitrogens with one attached hydrogen (secondary N) is 1. The molecule has 2 rings (SSSR count). The van der Waals surface area contributed by atoms with E-state index in [2.05, 4.69) is 41.5 Å². The first-order chi connectivity index (χ1) is 8.31. The number of nitrogens with zero attached hydrogens (tertiary/aromatic N) is 1. The second kappa shape index (κ2) is 5.46. The molecule has 0 saturated heterocycles. The Bertz CT molecular complexity index is 414. The van der Waals surface area contributed by atoms with Crippen molar-refractivity contribution in [3.8, 4) is 0 Å². The van der Waals surface area contributed by atoms with Gasteiger partial charge in [0.05, 0.1) is 0 Å². The molecule has 0 aliphatic heterocycles. The summed E-state index contributed by atoms with van der Waals surface area (Å²) in [5.74, 6) is 0.839. The van der Waals surface area contributed by atoms with Crippen molar-refractivity contribution >= 4 is 11.5 Å². The fourth-order valence-electron chi connectivity index (χ4n) is 1.59. The van der Waals surface area contributed by atoms with Gasteiger partial charge in [-0.2, -0.15) is 0 Å². The monoisotopic (exact) mass is 227 g/mol. The van der Waals surface area contributed by atoms with E-state index < -0.39 is 0 Å². The molecule has 0 saturated carbocycles. The van der Waals surface area contributed by atoms with Gasteiger partial charge in [0.15, 0.2) is 0 Å². The summed E-state index contributed by atoms with van der Waals surface area (Å²) in [5, 5.41) is 3.25. The van der Waals surface area contributed by atoms with Crippen molar-refractivity contribution in [3.05, 3.63) is 53.7 Å². The highest BCUT2D eigenvalue weighted by atomic mass is 15.0. The van der Waals surface area contributed by atoms with E-state index in [9.17, 15) is 0 Å². The van der Waals surface area contributed by atoms with Crippen LogP contribution >= 0.6 is 0 Å². The van der Waals surface area contributed by atoms with Crippen LogP contribution in [0.25, 0.3) is 0 Å². The van der Waals surface area contributed by atoms with E-state index in [1.54, 1.807) is 6.20 Å². The van der Waals surface area contributed by atoms with Gasteiger partial charge in [-0.3, -0.25) is 0 Å². The van der Waals surface area contributed by atoms with Crippen LogP contribution in [0.4, 0.5) is 11.5 Å². The molecule has 1 aromatic heterocycles. The summed E-state index contributed by atoms with van der Waals surface area (Å²) in [6.45, 7) is 2.67. The van der Waals surface area contributed by atoms with Gasteiger partial charge in [-0.25, -0.2) is 4.98 Å². The Labute approximate surface area is 102 Å². The van der Waals surface area contributed by atoms with Gasteiger partial charge in [0, 0.05) is 18.4 Å². The smallest absolute Gasteiger partial charge is 0.130 e. The zero-order valence-electron chi connectivity index (χ0n) is 9.98. The van der Waals surface area contributed by atoms with Gasteiger partial charge < -0.3 is 11.1 Å². The number of nitrogens with two attached hydrogens (primary N) is 1. The van der Waals surface area contributed by atoms with E-state index >= 15 is 0 Å². The largest absolute Gasteiger partial charge is 0.340 e. The summed E-state index contributed by atoms with van der Waals surface area (Å²) in [6.07, 6.45) is 2.85. The molecule has 88 valence electrons. The first-order valence-corrected chi connectivity index (χ1v) is 5.82. The third-order valence-electron chi connectivity index (χ3n) is 2.70. The molecule has 3 heteroatoms.